The minimum Gasteiger partial charge on any atom is -0.448 e. The van der Waals surface area contributed by atoms with Gasteiger partial charge in [0.05, 0.1) is 24.0 Å². The predicted molar refractivity (Wildman–Crippen MR) is 120 cm³/mol. The van der Waals surface area contributed by atoms with Crippen molar-refractivity contribution in [2.45, 2.75) is 44.4 Å². The number of nitrogens with one attached hydrogen (secondary N) is 1. The molecule has 0 radical (unpaired) electrons. The number of benzene rings is 1. The van der Waals surface area contributed by atoms with Crippen LogP contribution in [0.2, 0.25) is 0 Å². The van der Waals surface area contributed by atoms with Crippen molar-refractivity contribution in [3.05, 3.63) is 65.8 Å². The van der Waals surface area contributed by atoms with E-state index in [9.17, 15) is 14.7 Å². The van der Waals surface area contributed by atoms with Gasteiger partial charge in [0.1, 0.15) is 5.69 Å². The fraction of sp³-hybridized carbons (Fsp3) is 0.318. The predicted octanol–water partition coefficient (Wildman–Crippen LogP) is 3.32. The fourth-order valence-corrected chi connectivity index (χ4v) is 4.06. The summed E-state index contributed by atoms with van der Waals surface area (Å²) in [6.45, 7) is 0.447. The first kappa shape index (κ1) is 20.8. The molecule has 0 bridgehead atoms. The van der Waals surface area contributed by atoms with Gasteiger partial charge in [-0.15, -0.1) is 0 Å². The molecule has 0 saturated heterocycles. The van der Waals surface area contributed by atoms with Crippen molar-refractivity contribution in [2.75, 3.05) is 4.90 Å². The SMILES string of the molecule is O=C(N[C@@H]1CCCC[C@H]1O)C1=CN(Cc2ccnc(C(=O)I)c2)c2ccccc2O1. The monoisotopic (exact) mass is 519 g/mol. The average molecular weight is 519 g/mol. The number of halogens is 1. The lowest BCUT2D eigenvalue weighted by atomic mass is 9.92. The third kappa shape index (κ3) is 4.65. The molecule has 30 heavy (non-hydrogen) atoms. The number of hydrogen-bond donors (Lipinski definition) is 2. The Bertz CT molecular complexity index is 994. The second-order valence-corrected chi connectivity index (χ2v) is 8.43. The molecule has 7 nitrogen and oxygen atoms in total. The van der Waals surface area contributed by atoms with Crippen molar-refractivity contribution in [1.29, 1.82) is 0 Å². The minimum atomic E-state index is -0.531. The number of para-hydroxylation sites is 2. The van der Waals surface area contributed by atoms with E-state index in [2.05, 4.69) is 10.3 Å². The largest absolute Gasteiger partial charge is 0.448 e. The van der Waals surface area contributed by atoms with Crippen molar-refractivity contribution < 1.29 is 19.4 Å². The molecule has 1 fully saturated rings. The van der Waals surface area contributed by atoms with E-state index in [1.54, 1.807) is 41.1 Å². The number of nitrogens with zero attached hydrogens (tertiary/aromatic N) is 2. The highest BCUT2D eigenvalue weighted by Crippen LogP contribution is 2.35. The Morgan fingerprint density at radius 2 is 2.03 bits per heavy atom. The lowest BCUT2D eigenvalue weighted by Gasteiger charge is -2.31. The van der Waals surface area contributed by atoms with E-state index in [1.807, 2.05) is 35.2 Å². The van der Waals surface area contributed by atoms with Crippen molar-refractivity contribution in [1.82, 2.24) is 10.3 Å². The van der Waals surface area contributed by atoms with Gasteiger partial charge in [0.15, 0.2) is 5.75 Å². The summed E-state index contributed by atoms with van der Waals surface area (Å²) in [7, 11) is 0. The van der Waals surface area contributed by atoms with Gasteiger partial charge in [0.25, 0.3) is 5.91 Å². The van der Waals surface area contributed by atoms with E-state index in [4.69, 9.17) is 4.74 Å². The van der Waals surface area contributed by atoms with Crippen LogP contribution in [-0.4, -0.2) is 31.9 Å². The average Bonchev–Trinajstić information content (AvgIpc) is 2.75. The summed E-state index contributed by atoms with van der Waals surface area (Å²) < 4.78 is 5.73. The molecular formula is C22H22IN3O4. The quantitative estimate of drug-likeness (QED) is 0.466. The smallest absolute Gasteiger partial charge is 0.288 e. The first-order chi connectivity index (χ1) is 14.5. The van der Waals surface area contributed by atoms with Crippen LogP contribution in [0.3, 0.4) is 0 Å². The molecule has 1 amide bonds. The van der Waals surface area contributed by atoms with Crippen molar-refractivity contribution in [3.8, 4) is 5.75 Å². The van der Waals surface area contributed by atoms with Gasteiger partial charge in [-0.1, -0.05) is 25.0 Å². The summed E-state index contributed by atoms with van der Waals surface area (Å²) in [5, 5.41) is 13.1. The Balaban J connectivity index is 1.58. The van der Waals surface area contributed by atoms with Gasteiger partial charge < -0.3 is 20.1 Å². The molecule has 1 aliphatic heterocycles. The summed E-state index contributed by atoms with van der Waals surface area (Å²) >= 11 is 1.72. The molecule has 2 aromatic rings. The molecule has 8 heteroatoms. The zero-order chi connectivity index (χ0) is 21.1. The topological polar surface area (TPSA) is 91.8 Å². The Hall–Kier alpha value is -2.46. The molecular weight excluding hydrogens is 497 g/mol. The molecule has 2 heterocycles. The maximum Gasteiger partial charge on any atom is 0.288 e. The molecule has 1 aromatic carbocycles. The molecule has 0 unspecified atom stereocenters. The Kier molecular flexibility index (Phi) is 6.33. The van der Waals surface area contributed by atoms with Gasteiger partial charge in [-0.3, -0.25) is 14.6 Å². The van der Waals surface area contributed by atoms with Gasteiger partial charge in [-0.05, 0) is 42.7 Å². The second-order valence-electron chi connectivity index (χ2n) is 7.45. The third-order valence-corrected chi connectivity index (χ3v) is 5.87. The number of rotatable bonds is 5. The van der Waals surface area contributed by atoms with E-state index >= 15 is 0 Å². The highest BCUT2D eigenvalue weighted by Gasteiger charge is 2.29. The first-order valence-electron chi connectivity index (χ1n) is 9.90. The number of carbonyl (C=O) groups excluding carboxylic acids is 2. The molecule has 2 N–H and O–H groups in total. The maximum atomic E-state index is 12.9. The summed E-state index contributed by atoms with van der Waals surface area (Å²) in [5.41, 5.74) is 2.11. The van der Waals surface area contributed by atoms with Crippen LogP contribution in [0, 0.1) is 0 Å². The number of aromatic nitrogens is 1. The van der Waals surface area contributed by atoms with E-state index in [-0.39, 0.29) is 21.5 Å². The van der Waals surface area contributed by atoms with Crippen LogP contribution in [-0.2, 0) is 11.3 Å². The molecule has 2 atom stereocenters. The van der Waals surface area contributed by atoms with E-state index in [1.165, 1.54) is 0 Å². The van der Waals surface area contributed by atoms with Crippen LogP contribution in [0.4, 0.5) is 5.69 Å². The number of fused-ring (bicyclic) bond motifs is 1. The third-order valence-electron chi connectivity index (χ3n) is 5.32. The molecule has 156 valence electrons. The number of hydrogen-bond acceptors (Lipinski definition) is 6. The van der Waals surface area contributed by atoms with Gasteiger partial charge >= 0.3 is 0 Å². The molecule has 1 aliphatic carbocycles. The van der Waals surface area contributed by atoms with E-state index in [0.29, 0.717) is 24.4 Å². The van der Waals surface area contributed by atoms with Gasteiger partial charge in [0, 0.05) is 35.3 Å². The Labute approximate surface area is 188 Å². The summed E-state index contributed by atoms with van der Waals surface area (Å²) in [6, 6.07) is 10.8. The van der Waals surface area contributed by atoms with Crippen molar-refractivity contribution in [3.63, 3.8) is 0 Å². The zero-order valence-electron chi connectivity index (χ0n) is 16.3. The van der Waals surface area contributed by atoms with Crippen LogP contribution in [0.5, 0.6) is 5.75 Å². The zero-order valence-corrected chi connectivity index (χ0v) is 18.4. The lowest BCUT2D eigenvalue weighted by molar-refractivity contribution is -0.121. The van der Waals surface area contributed by atoms with Gasteiger partial charge in [-0.25, -0.2) is 0 Å². The van der Waals surface area contributed by atoms with Crippen LogP contribution in [0.15, 0.2) is 54.6 Å². The van der Waals surface area contributed by atoms with Gasteiger partial charge in [0.2, 0.25) is 9.55 Å². The number of aliphatic hydroxyl groups excluding tert-OH is 1. The molecule has 2 aliphatic rings. The first-order valence-corrected chi connectivity index (χ1v) is 11.0. The standard InChI is InChI=1S/C22H22IN3O4/c23-21(28)16-11-14(9-10-24-16)12-26-13-20(30-19-8-4-2-6-17(19)26)22(29)25-15-5-1-3-7-18(15)27/h2,4,6,8-11,13,15,18,27H,1,3,5,7,12H2,(H,25,29)/t15-,18-/m1/s1. The minimum absolute atomic E-state index is 0.126. The normalized spacial score (nSPS) is 20.6. The molecule has 4 rings (SSSR count). The van der Waals surface area contributed by atoms with E-state index in [0.717, 1.165) is 30.5 Å². The number of aliphatic hydroxyl groups is 1. The van der Waals surface area contributed by atoms with E-state index < -0.39 is 6.10 Å². The molecule has 0 spiro atoms. The fourth-order valence-electron chi connectivity index (χ4n) is 3.77. The number of amides is 1. The van der Waals surface area contributed by atoms with Crippen molar-refractivity contribution >= 4 is 38.0 Å². The maximum absolute atomic E-state index is 12.9. The van der Waals surface area contributed by atoms with Crippen molar-refractivity contribution in [2.24, 2.45) is 0 Å². The second kappa shape index (κ2) is 9.13. The summed E-state index contributed by atoms with van der Waals surface area (Å²) in [6.07, 6.45) is 6.15. The highest BCUT2D eigenvalue weighted by molar-refractivity contribution is 14.1. The molecule has 1 saturated carbocycles. The number of pyridine rings is 1. The van der Waals surface area contributed by atoms with Crippen LogP contribution < -0.4 is 15.0 Å². The summed E-state index contributed by atoms with van der Waals surface area (Å²) in [4.78, 5) is 30.5. The number of ether oxygens (including phenoxy) is 1. The van der Waals surface area contributed by atoms with Gasteiger partial charge in [-0.2, -0.15) is 0 Å². The highest BCUT2D eigenvalue weighted by atomic mass is 127. The van der Waals surface area contributed by atoms with Crippen LogP contribution >= 0.6 is 22.6 Å². The lowest BCUT2D eigenvalue weighted by Crippen LogP contribution is -2.46. The number of carbonyl (C=O) groups is 2. The Morgan fingerprint density at radius 1 is 1.23 bits per heavy atom. The van der Waals surface area contributed by atoms with Crippen LogP contribution in [0.25, 0.3) is 0 Å². The molecule has 1 aromatic heterocycles. The summed E-state index contributed by atoms with van der Waals surface area (Å²) in [5.74, 6) is 0.401. The number of anilines is 1. The Morgan fingerprint density at radius 3 is 2.83 bits per heavy atom. The van der Waals surface area contributed by atoms with Crippen LogP contribution in [0.1, 0.15) is 41.7 Å².